The van der Waals surface area contributed by atoms with E-state index in [9.17, 15) is 0 Å². The molecule has 0 bridgehead atoms. The second-order valence-corrected chi connectivity index (χ2v) is 3.24. The lowest BCUT2D eigenvalue weighted by Crippen LogP contribution is -1.71. The highest BCUT2D eigenvalue weighted by molar-refractivity contribution is 7.98. The predicted molar refractivity (Wildman–Crippen MR) is 50.2 cm³/mol. The van der Waals surface area contributed by atoms with Crippen molar-refractivity contribution < 1.29 is 4.42 Å². The molecule has 1 aromatic heterocycles. The van der Waals surface area contributed by atoms with E-state index in [1.807, 2.05) is 24.5 Å². The van der Waals surface area contributed by atoms with Crippen LogP contribution in [0.15, 0.2) is 27.8 Å². The molecular weight excluding hydrogens is 170 g/mol. The Labute approximate surface area is 75.0 Å². The van der Waals surface area contributed by atoms with Gasteiger partial charge in [-0.3, -0.25) is 0 Å². The van der Waals surface area contributed by atoms with E-state index in [1.165, 1.54) is 11.8 Å². The highest BCUT2D eigenvalue weighted by atomic mass is 32.2. The quantitative estimate of drug-likeness (QED) is 0.628. The van der Waals surface area contributed by atoms with Crippen molar-refractivity contribution in [3.63, 3.8) is 0 Å². The van der Waals surface area contributed by atoms with Gasteiger partial charge >= 0.3 is 0 Å². The van der Waals surface area contributed by atoms with Crippen LogP contribution in [0.3, 0.4) is 0 Å². The molecule has 0 aliphatic carbocycles. The van der Waals surface area contributed by atoms with Gasteiger partial charge < -0.3 is 4.42 Å². The molecular formula is C9H8NOS. The number of thioether (sulfide) groups is 1. The van der Waals surface area contributed by atoms with Crippen LogP contribution in [0.25, 0.3) is 11.1 Å². The van der Waals surface area contributed by atoms with Gasteiger partial charge in [0.25, 0.3) is 5.22 Å². The fourth-order valence-electron chi connectivity index (χ4n) is 1.04. The van der Waals surface area contributed by atoms with Gasteiger partial charge in [-0.25, -0.2) is 4.98 Å². The summed E-state index contributed by atoms with van der Waals surface area (Å²) in [6.45, 7) is 3.82. The average molecular weight is 178 g/mol. The van der Waals surface area contributed by atoms with E-state index in [0.717, 1.165) is 16.7 Å². The molecule has 3 heteroatoms. The molecule has 1 aromatic carbocycles. The molecule has 0 fully saturated rings. The van der Waals surface area contributed by atoms with Crippen LogP contribution in [0.4, 0.5) is 0 Å². The van der Waals surface area contributed by atoms with E-state index < -0.39 is 0 Å². The first kappa shape index (κ1) is 7.68. The monoisotopic (exact) mass is 178 g/mol. The first-order valence-electron chi connectivity index (χ1n) is 3.56. The Morgan fingerprint density at radius 1 is 1.50 bits per heavy atom. The molecule has 0 N–H and O–H groups in total. The summed E-state index contributed by atoms with van der Waals surface area (Å²) >= 11 is 1.50. The minimum Gasteiger partial charge on any atom is -0.431 e. The zero-order valence-electron chi connectivity index (χ0n) is 6.70. The van der Waals surface area contributed by atoms with Gasteiger partial charge in [0, 0.05) is 0 Å². The summed E-state index contributed by atoms with van der Waals surface area (Å²) in [7, 11) is 0. The Balaban J connectivity index is 2.67. The van der Waals surface area contributed by atoms with Crippen molar-refractivity contribution in [2.75, 3.05) is 6.26 Å². The molecule has 1 radical (unpaired) electrons. The molecule has 1 heterocycles. The predicted octanol–water partition coefficient (Wildman–Crippen LogP) is 2.73. The van der Waals surface area contributed by atoms with Crippen molar-refractivity contribution in [2.45, 2.75) is 5.22 Å². The van der Waals surface area contributed by atoms with Gasteiger partial charge in [0.2, 0.25) is 0 Å². The van der Waals surface area contributed by atoms with Crippen LogP contribution in [-0.2, 0) is 0 Å². The Kier molecular flexibility index (Phi) is 1.81. The molecule has 0 aliphatic heterocycles. The van der Waals surface area contributed by atoms with Gasteiger partial charge in [-0.15, -0.1) is 0 Å². The van der Waals surface area contributed by atoms with Gasteiger partial charge in [0.05, 0.1) is 0 Å². The Hall–Kier alpha value is -0.960. The van der Waals surface area contributed by atoms with Crippen molar-refractivity contribution in [2.24, 2.45) is 0 Å². The molecule has 2 rings (SSSR count). The maximum absolute atomic E-state index is 5.40. The molecule has 0 saturated heterocycles. The topological polar surface area (TPSA) is 26.0 Å². The minimum absolute atomic E-state index is 0.704. The third-order valence-corrected chi connectivity index (χ3v) is 2.13. The second kappa shape index (κ2) is 2.83. The van der Waals surface area contributed by atoms with Crippen molar-refractivity contribution in [3.8, 4) is 0 Å². The van der Waals surface area contributed by atoms with Crippen LogP contribution in [0.2, 0.25) is 0 Å². The molecule has 2 nitrogen and oxygen atoms in total. The molecule has 2 aromatic rings. The highest BCUT2D eigenvalue weighted by Gasteiger charge is 2.02. The first-order valence-corrected chi connectivity index (χ1v) is 4.78. The van der Waals surface area contributed by atoms with Crippen molar-refractivity contribution in [1.82, 2.24) is 4.98 Å². The largest absolute Gasteiger partial charge is 0.431 e. The van der Waals surface area contributed by atoms with Crippen LogP contribution >= 0.6 is 11.8 Å². The third kappa shape index (κ3) is 1.20. The first-order chi connectivity index (χ1) is 5.79. The summed E-state index contributed by atoms with van der Waals surface area (Å²) in [5, 5.41) is 0.704. The van der Waals surface area contributed by atoms with E-state index in [-0.39, 0.29) is 0 Å². The normalized spacial score (nSPS) is 10.8. The standard InChI is InChI=1S/C9H8NOS/c1-6-3-4-8-7(5-6)10-9(11-8)12-2/h3-5H,1H2,2H3. The summed E-state index contributed by atoms with van der Waals surface area (Å²) < 4.78 is 5.40. The summed E-state index contributed by atoms with van der Waals surface area (Å²) in [6.07, 6.45) is 1.94. The van der Waals surface area contributed by atoms with E-state index in [2.05, 4.69) is 11.9 Å². The molecule has 61 valence electrons. The lowest BCUT2D eigenvalue weighted by atomic mass is 10.2. The molecule has 0 saturated carbocycles. The third-order valence-electron chi connectivity index (χ3n) is 1.61. The zero-order chi connectivity index (χ0) is 8.55. The fraction of sp³-hybridized carbons (Fsp3) is 0.111. The summed E-state index contributed by atoms with van der Waals surface area (Å²) in [6, 6.07) is 5.72. The number of benzene rings is 1. The maximum Gasteiger partial charge on any atom is 0.256 e. The Morgan fingerprint density at radius 2 is 2.33 bits per heavy atom. The Morgan fingerprint density at radius 3 is 3.08 bits per heavy atom. The number of rotatable bonds is 1. The van der Waals surface area contributed by atoms with Gasteiger partial charge in [-0.1, -0.05) is 17.8 Å². The van der Waals surface area contributed by atoms with Crippen molar-refractivity contribution in [1.29, 1.82) is 0 Å². The number of hydrogen-bond acceptors (Lipinski definition) is 3. The van der Waals surface area contributed by atoms with Gasteiger partial charge in [-0.2, -0.15) is 0 Å². The summed E-state index contributed by atoms with van der Waals surface area (Å²) in [4.78, 5) is 4.25. The zero-order valence-corrected chi connectivity index (χ0v) is 7.52. The van der Waals surface area contributed by atoms with Gasteiger partial charge in [0.1, 0.15) is 5.52 Å². The number of hydrogen-bond donors (Lipinski definition) is 0. The summed E-state index contributed by atoms with van der Waals surface area (Å²) in [5.74, 6) is 0. The van der Waals surface area contributed by atoms with Crippen LogP contribution in [0.1, 0.15) is 5.56 Å². The number of aromatic nitrogens is 1. The van der Waals surface area contributed by atoms with Gasteiger partial charge in [0.15, 0.2) is 5.58 Å². The smallest absolute Gasteiger partial charge is 0.256 e. The van der Waals surface area contributed by atoms with Crippen molar-refractivity contribution in [3.05, 3.63) is 30.7 Å². The molecule has 0 spiro atoms. The van der Waals surface area contributed by atoms with Crippen LogP contribution in [0, 0.1) is 6.92 Å². The molecule has 0 unspecified atom stereocenters. The van der Waals surface area contributed by atoms with E-state index in [4.69, 9.17) is 4.42 Å². The SMILES string of the molecule is [CH2]c1ccc2oc(SC)nc2c1. The molecule has 12 heavy (non-hydrogen) atoms. The van der Waals surface area contributed by atoms with Crippen molar-refractivity contribution >= 4 is 22.9 Å². The minimum atomic E-state index is 0.704. The maximum atomic E-state index is 5.40. The van der Waals surface area contributed by atoms with Crippen LogP contribution in [-0.4, -0.2) is 11.2 Å². The summed E-state index contributed by atoms with van der Waals surface area (Å²) in [5.41, 5.74) is 2.67. The molecule has 0 aliphatic rings. The fourth-order valence-corrected chi connectivity index (χ4v) is 1.40. The van der Waals surface area contributed by atoms with E-state index in [0.29, 0.717) is 5.22 Å². The van der Waals surface area contributed by atoms with Crippen LogP contribution in [0.5, 0.6) is 0 Å². The van der Waals surface area contributed by atoms with Crippen LogP contribution < -0.4 is 0 Å². The molecule has 0 atom stereocenters. The number of oxazole rings is 1. The lowest BCUT2D eigenvalue weighted by molar-refractivity contribution is 0.490. The highest BCUT2D eigenvalue weighted by Crippen LogP contribution is 2.21. The van der Waals surface area contributed by atoms with E-state index in [1.54, 1.807) is 0 Å². The number of nitrogens with zero attached hydrogens (tertiary/aromatic N) is 1. The second-order valence-electron chi connectivity index (χ2n) is 2.49. The van der Waals surface area contributed by atoms with E-state index >= 15 is 0 Å². The Bertz CT molecular complexity index is 408. The van der Waals surface area contributed by atoms with Gasteiger partial charge in [-0.05, 0) is 30.9 Å². The molecule has 0 amide bonds. The average Bonchev–Trinajstić information content (AvgIpc) is 2.46. The lowest BCUT2D eigenvalue weighted by Gasteiger charge is -1.87. The number of fused-ring (bicyclic) bond motifs is 1.